The molecule has 59 heavy (non-hydrogen) atoms. The Morgan fingerprint density at radius 2 is 1.71 bits per heavy atom. The van der Waals surface area contributed by atoms with Gasteiger partial charge in [0.1, 0.15) is 29.0 Å². The van der Waals surface area contributed by atoms with E-state index in [0.29, 0.717) is 5.69 Å². The van der Waals surface area contributed by atoms with Crippen molar-refractivity contribution in [2.45, 2.75) is 91.6 Å². The molecule has 3 aliphatic heterocycles. The number of esters is 1. The minimum atomic E-state index is -2.12. The molecule has 1 amide bonds. The molecule has 1 aromatic carbocycles. The lowest BCUT2D eigenvalue weighted by Gasteiger charge is -2.37. The van der Waals surface area contributed by atoms with Crippen molar-refractivity contribution in [3.8, 4) is 11.5 Å². The molecule has 5 bridgehead atoms. The molecule has 314 valence electrons. The molecule has 7 rings (SSSR count). The third-order valence-electron chi connectivity index (χ3n) is 11.8. The average molecular weight is 816 g/mol. The Labute approximate surface area is 340 Å². The van der Waals surface area contributed by atoms with Crippen molar-refractivity contribution in [3.05, 3.63) is 87.7 Å². The summed E-state index contributed by atoms with van der Waals surface area (Å²) in [4.78, 5) is 87.1. The largest absolute Gasteiger partial charge is 0.507 e. The maximum absolute atomic E-state index is 14.6. The second-order valence-corrected chi connectivity index (χ2v) is 15.9. The summed E-state index contributed by atoms with van der Waals surface area (Å²) in [5.41, 5.74) is -2.00. The number of pyridine rings is 1. The Kier molecular flexibility index (Phi) is 12.0. The van der Waals surface area contributed by atoms with E-state index in [4.69, 9.17) is 18.9 Å². The van der Waals surface area contributed by atoms with Crippen LogP contribution in [0, 0.1) is 36.5 Å². The van der Waals surface area contributed by atoms with Crippen molar-refractivity contribution < 1.29 is 63.0 Å². The predicted molar refractivity (Wildman–Crippen MR) is 208 cm³/mol. The van der Waals surface area contributed by atoms with Gasteiger partial charge in [0.25, 0.3) is 11.7 Å². The number of phenolic OH excluding ortho intramolecular Hbond substituents is 1. The van der Waals surface area contributed by atoms with E-state index in [1.54, 1.807) is 39.0 Å². The summed E-state index contributed by atoms with van der Waals surface area (Å²) in [6, 6.07) is 5.05. The van der Waals surface area contributed by atoms with Gasteiger partial charge in [-0.25, -0.2) is 0 Å². The number of Topliss-reactive ketones (excluding diaryl/α,β-unsaturated/α-hetero) is 3. The van der Waals surface area contributed by atoms with Gasteiger partial charge in [0.15, 0.2) is 5.78 Å². The highest BCUT2D eigenvalue weighted by atomic mass is 16.7. The van der Waals surface area contributed by atoms with Crippen LogP contribution >= 0.6 is 0 Å². The van der Waals surface area contributed by atoms with Crippen LogP contribution in [0.5, 0.6) is 11.5 Å². The third kappa shape index (κ3) is 7.91. The molecule has 2 aromatic rings. The molecule has 0 radical (unpaired) electrons. The molecule has 1 aromatic heterocycles. The summed E-state index contributed by atoms with van der Waals surface area (Å²) in [5.74, 6) is -11.2. The normalized spacial score (nSPS) is 32.6. The molecule has 0 saturated heterocycles. The van der Waals surface area contributed by atoms with Crippen LogP contribution in [0.4, 0.5) is 0 Å². The Morgan fingerprint density at radius 3 is 2.36 bits per heavy atom. The molecule has 5 aliphatic rings. The standard InChI is InChI=1S/C43H49N3O13/c1-18-15-27(48)25-16-26(25)35(50)20(3)34(49)21(4)39(58-23(6)47)19(2)28(56-8)12-14-57-43(7)41(54)31-29-30(36(51)22(5)40(31)59-43)38(53)33(46-42(18)55)32(37(29)52)45-17-24-11-9-10-13-44-24/h9-15,19-21,25-26,28,34-35,39,45,49-51H,16-17H2,1-8H3,(H,46,55)/b14-12+,18-15-/t19-,20+,21-,25-,26+,28+,34-,35-,39-,43+/m1/s1. The number of carbonyl (C=O) groups excluding carboxylic acids is 6. The van der Waals surface area contributed by atoms with Gasteiger partial charge in [-0.3, -0.25) is 33.8 Å². The summed E-state index contributed by atoms with van der Waals surface area (Å²) in [6.45, 7) is 10.2. The number of aliphatic hydroxyl groups excluding tert-OH is 2. The smallest absolute Gasteiger partial charge is 0.312 e. The molecule has 16 heteroatoms. The first kappa shape index (κ1) is 42.9. The number of aromatic nitrogens is 1. The summed E-state index contributed by atoms with van der Waals surface area (Å²) >= 11 is 0. The molecule has 1 saturated carbocycles. The zero-order valence-electron chi connectivity index (χ0n) is 34.0. The number of ketones is 4. The van der Waals surface area contributed by atoms with Gasteiger partial charge in [-0.1, -0.05) is 26.8 Å². The van der Waals surface area contributed by atoms with Crippen LogP contribution in [0.3, 0.4) is 0 Å². The average Bonchev–Trinajstić information content (AvgIpc) is 3.97. The summed E-state index contributed by atoms with van der Waals surface area (Å²) in [6.07, 6.45) is 1.32. The number of benzene rings is 1. The lowest BCUT2D eigenvalue weighted by atomic mass is 9.79. The number of ether oxygens (including phenoxy) is 4. The van der Waals surface area contributed by atoms with Gasteiger partial charge in [-0.15, -0.1) is 0 Å². The second kappa shape index (κ2) is 16.5. The first-order valence-electron chi connectivity index (χ1n) is 19.4. The molecule has 0 spiro atoms. The highest BCUT2D eigenvalue weighted by Gasteiger charge is 2.53. The van der Waals surface area contributed by atoms with E-state index in [0.717, 1.165) is 12.3 Å². The maximum Gasteiger partial charge on any atom is 0.312 e. The van der Waals surface area contributed by atoms with Crippen molar-refractivity contribution in [2.24, 2.45) is 29.6 Å². The highest BCUT2D eigenvalue weighted by molar-refractivity contribution is 6.32. The van der Waals surface area contributed by atoms with E-state index in [2.05, 4.69) is 15.6 Å². The van der Waals surface area contributed by atoms with Crippen LogP contribution in [-0.4, -0.2) is 92.6 Å². The van der Waals surface area contributed by atoms with Gasteiger partial charge in [0, 0.05) is 62.0 Å². The van der Waals surface area contributed by atoms with Crippen LogP contribution in [0.1, 0.15) is 90.3 Å². The van der Waals surface area contributed by atoms with Crippen molar-refractivity contribution >= 4 is 35.0 Å². The lowest BCUT2D eigenvalue weighted by Crippen LogP contribution is -2.46. The van der Waals surface area contributed by atoms with Gasteiger partial charge in [0.05, 0.1) is 53.5 Å². The van der Waals surface area contributed by atoms with E-state index < -0.39 is 123 Å². The maximum atomic E-state index is 14.6. The lowest BCUT2D eigenvalue weighted by molar-refractivity contribution is -0.160. The molecule has 10 atom stereocenters. The molecule has 5 N–H and O–H groups in total. The first-order valence-corrected chi connectivity index (χ1v) is 19.4. The molecule has 0 unspecified atom stereocenters. The number of hydrogen-bond donors (Lipinski definition) is 5. The van der Waals surface area contributed by atoms with Gasteiger partial charge >= 0.3 is 11.8 Å². The van der Waals surface area contributed by atoms with Crippen molar-refractivity contribution in [1.29, 1.82) is 0 Å². The van der Waals surface area contributed by atoms with E-state index in [-0.39, 0.29) is 35.4 Å². The van der Waals surface area contributed by atoms with Crippen LogP contribution in [0.2, 0.25) is 0 Å². The van der Waals surface area contributed by atoms with Crippen molar-refractivity contribution in [1.82, 2.24) is 15.6 Å². The zero-order valence-corrected chi connectivity index (χ0v) is 34.0. The number of rotatable bonds is 5. The van der Waals surface area contributed by atoms with Crippen molar-refractivity contribution in [2.75, 3.05) is 7.11 Å². The summed E-state index contributed by atoms with van der Waals surface area (Å²) in [7, 11) is 1.40. The first-order chi connectivity index (χ1) is 27.8. The third-order valence-corrected chi connectivity index (χ3v) is 11.8. The molecule has 4 heterocycles. The number of methoxy groups -OCH3 is 1. The molecule has 1 fully saturated rings. The second-order valence-electron chi connectivity index (χ2n) is 15.9. The number of amides is 1. The number of carbonyl (C=O) groups is 6. The monoisotopic (exact) mass is 815 g/mol. The number of aliphatic hydroxyl groups is 2. The minimum absolute atomic E-state index is 0.0529. The number of aromatic hydroxyl groups is 1. The van der Waals surface area contributed by atoms with Crippen molar-refractivity contribution in [3.63, 3.8) is 0 Å². The number of nitrogens with one attached hydrogen (secondary N) is 2. The number of hydrogen-bond acceptors (Lipinski definition) is 15. The van der Waals surface area contributed by atoms with E-state index >= 15 is 0 Å². The number of phenols is 1. The highest BCUT2D eigenvalue weighted by Crippen LogP contribution is 2.49. The SMILES string of the molecule is CO[C@H]1/C=C/O[C@@]2(C)Oc3c(C)c(O)c4c(c3C2=O)C(=O)C(NCc2ccccn2)=C(NC(=O)/C(C)=C\C(=O)[C@@H]2C[C@@H]2[C@H](O)[C@@H](C)[C@@H](O)[C@@H](C)[C@H](OC(C)=O)[C@@H]1C)C4=O. The molecular weight excluding hydrogens is 766 g/mol. The Hall–Kier alpha value is -5.71. The van der Waals surface area contributed by atoms with Crippen LogP contribution in [0.25, 0.3) is 0 Å². The number of nitrogens with zero attached hydrogens (tertiary/aromatic N) is 1. The summed E-state index contributed by atoms with van der Waals surface area (Å²) < 4.78 is 23.4. The van der Waals surface area contributed by atoms with Gasteiger partial charge in [-0.05, 0) is 50.5 Å². The predicted octanol–water partition coefficient (Wildman–Crippen LogP) is 3.16. The Morgan fingerprint density at radius 1 is 1.00 bits per heavy atom. The Bertz CT molecular complexity index is 2200. The van der Waals surface area contributed by atoms with Crippen LogP contribution < -0.4 is 15.4 Å². The van der Waals surface area contributed by atoms with Crippen LogP contribution in [0.15, 0.2) is 59.8 Å². The Balaban J connectivity index is 1.47. The minimum Gasteiger partial charge on any atom is -0.507 e. The van der Waals surface area contributed by atoms with Gasteiger partial charge in [-0.2, -0.15) is 0 Å². The fourth-order valence-electron chi connectivity index (χ4n) is 8.19. The molecule has 2 aliphatic carbocycles. The number of allylic oxidation sites excluding steroid dienone is 3. The van der Waals surface area contributed by atoms with E-state index in [9.17, 15) is 44.1 Å². The zero-order chi connectivity index (χ0) is 43.2. The quantitative estimate of drug-likeness (QED) is 0.273. The van der Waals surface area contributed by atoms with E-state index in [1.165, 1.54) is 47.1 Å². The van der Waals surface area contributed by atoms with E-state index in [1.807, 2.05) is 0 Å². The fourth-order valence-corrected chi connectivity index (χ4v) is 8.19. The van der Waals surface area contributed by atoms with Crippen LogP contribution in [-0.2, 0) is 35.1 Å². The van der Waals surface area contributed by atoms with Gasteiger partial charge in [0.2, 0.25) is 11.6 Å². The summed E-state index contributed by atoms with van der Waals surface area (Å²) in [5, 5.41) is 39.7. The van der Waals surface area contributed by atoms with Gasteiger partial charge < -0.3 is 44.9 Å². The fraction of sp³-hybridized carbons (Fsp3) is 0.465. The molecular formula is C43H49N3O13. The topological polar surface area (TPSA) is 237 Å². The number of fused-ring (bicyclic) bond motifs is 12. The molecule has 16 nitrogen and oxygen atoms in total.